The van der Waals surface area contributed by atoms with Gasteiger partial charge in [0.1, 0.15) is 5.56 Å². The average molecular weight is 237 g/mol. The highest BCUT2D eigenvalue weighted by Crippen LogP contribution is 2.18. The molecule has 1 amide bonds. The molecule has 1 heterocycles. The Morgan fingerprint density at radius 2 is 2.18 bits per heavy atom. The van der Waals surface area contributed by atoms with Crippen molar-refractivity contribution < 1.29 is 14.7 Å². The molecule has 0 saturated carbocycles. The van der Waals surface area contributed by atoms with Gasteiger partial charge in [0, 0.05) is 18.9 Å². The third-order valence-electron chi connectivity index (χ3n) is 2.44. The van der Waals surface area contributed by atoms with Crippen molar-refractivity contribution in [3.63, 3.8) is 0 Å². The summed E-state index contributed by atoms with van der Waals surface area (Å²) in [5.74, 6) is -1.52. The molecule has 4 N–H and O–H groups in total. The van der Waals surface area contributed by atoms with Crippen molar-refractivity contribution in [2.75, 3.05) is 11.9 Å². The van der Waals surface area contributed by atoms with Crippen molar-refractivity contribution in [1.29, 1.82) is 0 Å². The van der Waals surface area contributed by atoms with Gasteiger partial charge >= 0.3 is 5.97 Å². The summed E-state index contributed by atoms with van der Waals surface area (Å²) in [4.78, 5) is 25.8. The smallest absolute Gasteiger partial charge is 0.339 e. The van der Waals surface area contributed by atoms with Gasteiger partial charge in [-0.2, -0.15) is 0 Å². The molecule has 0 aliphatic carbocycles. The summed E-state index contributed by atoms with van der Waals surface area (Å²) in [7, 11) is 0. The van der Waals surface area contributed by atoms with Gasteiger partial charge in [0.05, 0.1) is 11.1 Å². The molecule has 1 aromatic rings. The SMILES string of the molecule is CC(C)(CNc1ccncc1C(=O)O)C(N)=O. The maximum atomic E-state index is 11.1. The third kappa shape index (κ3) is 3.17. The number of pyridine rings is 1. The van der Waals surface area contributed by atoms with Crippen LogP contribution in [0.25, 0.3) is 0 Å². The molecule has 0 aromatic carbocycles. The molecule has 0 saturated heterocycles. The first kappa shape index (κ1) is 13.0. The maximum Gasteiger partial charge on any atom is 0.339 e. The van der Waals surface area contributed by atoms with E-state index in [1.165, 1.54) is 12.4 Å². The van der Waals surface area contributed by atoms with Gasteiger partial charge in [-0.3, -0.25) is 9.78 Å². The Balaban J connectivity index is 2.83. The number of carbonyl (C=O) groups excluding carboxylic acids is 1. The lowest BCUT2D eigenvalue weighted by atomic mass is 9.92. The molecule has 17 heavy (non-hydrogen) atoms. The lowest BCUT2D eigenvalue weighted by Crippen LogP contribution is -2.37. The van der Waals surface area contributed by atoms with E-state index in [1.54, 1.807) is 19.9 Å². The second-order valence-electron chi connectivity index (χ2n) is 4.33. The van der Waals surface area contributed by atoms with E-state index < -0.39 is 17.3 Å². The number of primary amides is 1. The average Bonchev–Trinajstić information content (AvgIpc) is 2.26. The summed E-state index contributed by atoms with van der Waals surface area (Å²) in [5.41, 5.74) is 4.95. The zero-order chi connectivity index (χ0) is 13.1. The van der Waals surface area contributed by atoms with Crippen LogP contribution < -0.4 is 11.1 Å². The van der Waals surface area contributed by atoms with Gasteiger partial charge < -0.3 is 16.2 Å². The van der Waals surface area contributed by atoms with Gasteiger partial charge in [-0.25, -0.2) is 4.79 Å². The molecule has 0 fully saturated rings. The van der Waals surface area contributed by atoms with Crippen molar-refractivity contribution in [2.45, 2.75) is 13.8 Å². The van der Waals surface area contributed by atoms with Crippen LogP contribution in [0, 0.1) is 5.41 Å². The fraction of sp³-hybridized carbons (Fsp3) is 0.364. The van der Waals surface area contributed by atoms with E-state index in [4.69, 9.17) is 10.8 Å². The standard InChI is InChI=1S/C11H15N3O3/c1-11(2,10(12)17)6-14-8-3-4-13-5-7(8)9(15)16/h3-5H,6H2,1-2H3,(H2,12,17)(H,13,14)(H,15,16). The predicted molar refractivity (Wildman–Crippen MR) is 62.7 cm³/mol. The van der Waals surface area contributed by atoms with Gasteiger partial charge in [-0.1, -0.05) is 0 Å². The lowest BCUT2D eigenvalue weighted by molar-refractivity contribution is -0.125. The number of carboxylic acid groups (broad SMARTS) is 1. The zero-order valence-electron chi connectivity index (χ0n) is 9.73. The minimum absolute atomic E-state index is 0.0628. The number of amides is 1. The van der Waals surface area contributed by atoms with Crippen LogP contribution in [0.4, 0.5) is 5.69 Å². The minimum atomic E-state index is -1.07. The van der Waals surface area contributed by atoms with Gasteiger partial charge in [-0.15, -0.1) is 0 Å². The molecule has 0 atom stereocenters. The van der Waals surface area contributed by atoms with Crippen molar-refractivity contribution in [3.8, 4) is 0 Å². The largest absolute Gasteiger partial charge is 0.478 e. The highest BCUT2D eigenvalue weighted by Gasteiger charge is 2.25. The lowest BCUT2D eigenvalue weighted by Gasteiger charge is -2.21. The third-order valence-corrected chi connectivity index (χ3v) is 2.44. The van der Waals surface area contributed by atoms with Gasteiger partial charge in [0.25, 0.3) is 0 Å². The number of nitrogens with one attached hydrogen (secondary N) is 1. The first-order valence-electron chi connectivity index (χ1n) is 5.05. The number of carbonyl (C=O) groups is 2. The zero-order valence-corrected chi connectivity index (χ0v) is 9.73. The van der Waals surface area contributed by atoms with Crippen LogP contribution in [0.15, 0.2) is 18.5 Å². The Labute approximate surface area is 98.8 Å². The molecule has 92 valence electrons. The van der Waals surface area contributed by atoms with E-state index in [2.05, 4.69) is 10.3 Å². The van der Waals surface area contributed by atoms with Crippen LogP contribution in [0.3, 0.4) is 0 Å². The van der Waals surface area contributed by atoms with Crippen molar-refractivity contribution in [2.24, 2.45) is 11.1 Å². The van der Waals surface area contributed by atoms with Crippen LogP contribution in [-0.2, 0) is 4.79 Å². The minimum Gasteiger partial charge on any atom is -0.478 e. The Hall–Kier alpha value is -2.11. The molecule has 1 rings (SSSR count). The first-order valence-corrected chi connectivity index (χ1v) is 5.05. The molecule has 1 aromatic heterocycles. The second kappa shape index (κ2) is 4.82. The van der Waals surface area contributed by atoms with Gasteiger partial charge in [0.15, 0.2) is 0 Å². The summed E-state index contributed by atoms with van der Waals surface area (Å²) < 4.78 is 0. The van der Waals surface area contributed by atoms with Gasteiger partial charge in [-0.05, 0) is 19.9 Å². The Bertz CT molecular complexity index is 443. The quantitative estimate of drug-likeness (QED) is 0.699. The number of hydrogen-bond acceptors (Lipinski definition) is 4. The second-order valence-corrected chi connectivity index (χ2v) is 4.33. The number of carboxylic acids is 1. The van der Waals surface area contributed by atoms with Crippen LogP contribution in [0.5, 0.6) is 0 Å². The molecule has 0 spiro atoms. The summed E-state index contributed by atoms with van der Waals surface area (Å²) in [6.07, 6.45) is 2.73. The van der Waals surface area contributed by atoms with E-state index >= 15 is 0 Å². The van der Waals surface area contributed by atoms with Crippen molar-refractivity contribution in [1.82, 2.24) is 4.98 Å². The van der Waals surface area contributed by atoms with Crippen molar-refractivity contribution in [3.05, 3.63) is 24.0 Å². The van der Waals surface area contributed by atoms with E-state index in [1.807, 2.05) is 0 Å². The molecule has 6 nitrogen and oxygen atoms in total. The van der Waals surface area contributed by atoms with E-state index in [-0.39, 0.29) is 12.1 Å². The Kier molecular flexibility index (Phi) is 3.67. The number of aromatic nitrogens is 1. The first-order chi connectivity index (χ1) is 7.84. The number of nitrogens with two attached hydrogens (primary N) is 1. The number of aromatic carboxylic acids is 1. The summed E-state index contributed by atoms with van der Waals surface area (Å²) in [6.45, 7) is 3.63. The highest BCUT2D eigenvalue weighted by atomic mass is 16.4. The summed E-state index contributed by atoms with van der Waals surface area (Å²) in [6, 6.07) is 1.54. The van der Waals surface area contributed by atoms with E-state index in [0.717, 1.165) is 0 Å². The Morgan fingerprint density at radius 1 is 1.53 bits per heavy atom. The topological polar surface area (TPSA) is 105 Å². The molecular weight excluding hydrogens is 222 g/mol. The number of rotatable bonds is 5. The molecular formula is C11H15N3O3. The van der Waals surface area contributed by atoms with E-state index in [9.17, 15) is 9.59 Å². The number of nitrogens with zero attached hydrogens (tertiary/aromatic N) is 1. The van der Waals surface area contributed by atoms with Gasteiger partial charge in [0.2, 0.25) is 5.91 Å². The Morgan fingerprint density at radius 3 is 2.71 bits per heavy atom. The van der Waals surface area contributed by atoms with E-state index in [0.29, 0.717) is 5.69 Å². The molecule has 6 heteroatoms. The molecule has 0 unspecified atom stereocenters. The monoisotopic (exact) mass is 237 g/mol. The molecule has 0 radical (unpaired) electrons. The number of anilines is 1. The fourth-order valence-electron chi connectivity index (χ4n) is 1.12. The van der Waals surface area contributed by atoms with Crippen LogP contribution >= 0.6 is 0 Å². The number of hydrogen-bond donors (Lipinski definition) is 3. The predicted octanol–water partition coefficient (Wildman–Crippen LogP) is 0.703. The molecule has 0 bridgehead atoms. The van der Waals surface area contributed by atoms with Crippen LogP contribution in [0.2, 0.25) is 0 Å². The summed E-state index contributed by atoms with van der Waals surface area (Å²) in [5, 5.41) is 11.8. The normalized spacial score (nSPS) is 10.9. The maximum absolute atomic E-state index is 11.1. The van der Waals surface area contributed by atoms with Crippen LogP contribution in [-0.4, -0.2) is 28.5 Å². The van der Waals surface area contributed by atoms with Crippen molar-refractivity contribution >= 4 is 17.6 Å². The summed E-state index contributed by atoms with van der Waals surface area (Å²) >= 11 is 0. The molecule has 0 aliphatic heterocycles. The van der Waals surface area contributed by atoms with Crippen LogP contribution in [0.1, 0.15) is 24.2 Å². The highest BCUT2D eigenvalue weighted by molar-refractivity contribution is 5.93. The fourth-order valence-corrected chi connectivity index (χ4v) is 1.12. The molecule has 0 aliphatic rings.